The third kappa shape index (κ3) is 4.23. The molecule has 0 spiro atoms. The van der Waals surface area contributed by atoms with Crippen LogP contribution in [0.3, 0.4) is 0 Å². The predicted octanol–water partition coefficient (Wildman–Crippen LogP) is 2.56. The number of hydrogen-bond acceptors (Lipinski definition) is 4. The van der Waals surface area contributed by atoms with E-state index in [1.807, 2.05) is 6.92 Å². The van der Waals surface area contributed by atoms with Crippen LogP contribution in [0.4, 0.5) is 5.69 Å². The van der Waals surface area contributed by atoms with Crippen molar-refractivity contribution in [3.05, 3.63) is 17.7 Å². The summed E-state index contributed by atoms with van der Waals surface area (Å²) in [6.45, 7) is 1.82. The number of amides is 1. The van der Waals surface area contributed by atoms with Crippen molar-refractivity contribution in [2.45, 2.75) is 19.8 Å². The third-order valence-electron chi connectivity index (χ3n) is 2.78. The Morgan fingerprint density at radius 3 is 2.35 bits per heavy atom. The van der Waals surface area contributed by atoms with E-state index in [0.29, 0.717) is 23.6 Å². The van der Waals surface area contributed by atoms with Gasteiger partial charge in [-0.25, -0.2) is 0 Å². The van der Waals surface area contributed by atoms with Crippen molar-refractivity contribution in [2.75, 3.05) is 24.9 Å². The summed E-state index contributed by atoms with van der Waals surface area (Å²) in [6, 6.07) is 3.38. The maximum atomic E-state index is 11.6. The first kappa shape index (κ1) is 16.5. The minimum Gasteiger partial charge on any atom is -0.496 e. The van der Waals surface area contributed by atoms with Gasteiger partial charge in [-0.05, 0) is 6.07 Å². The molecule has 0 atom stereocenters. The van der Waals surface area contributed by atoms with Crippen LogP contribution in [0.15, 0.2) is 12.1 Å². The van der Waals surface area contributed by atoms with Gasteiger partial charge in [0.15, 0.2) is 0 Å². The van der Waals surface area contributed by atoms with Crippen molar-refractivity contribution in [3.63, 3.8) is 0 Å². The van der Waals surface area contributed by atoms with Crippen molar-refractivity contribution in [2.24, 2.45) is 0 Å². The predicted molar refractivity (Wildman–Crippen MR) is 81.0 cm³/mol. The monoisotopic (exact) mass is 343 g/mol. The molecule has 1 amide bonds. The Bertz CT molecular complexity index is 456. The molecule has 1 N–H and O–H groups in total. The second-order valence-electron chi connectivity index (χ2n) is 4.12. The molecule has 6 heteroatoms. The summed E-state index contributed by atoms with van der Waals surface area (Å²) < 4.78 is 10.5. The first-order chi connectivity index (χ1) is 9.55. The van der Waals surface area contributed by atoms with Gasteiger partial charge in [-0.15, -0.1) is 0 Å². The minimum absolute atomic E-state index is 0.114. The number of anilines is 1. The highest BCUT2D eigenvalue weighted by atomic mass is 79.9. The highest BCUT2D eigenvalue weighted by Gasteiger charge is 2.14. The van der Waals surface area contributed by atoms with E-state index in [2.05, 4.69) is 21.2 Å². The quantitative estimate of drug-likeness (QED) is 0.772. The van der Waals surface area contributed by atoms with Crippen LogP contribution in [0.1, 0.15) is 18.9 Å². The van der Waals surface area contributed by atoms with Gasteiger partial charge in [-0.2, -0.15) is 0 Å². The summed E-state index contributed by atoms with van der Waals surface area (Å²) in [7, 11) is 3.04. The van der Waals surface area contributed by atoms with Crippen molar-refractivity contribution in [1.82, 2.24) is 0 Å². The van der Waals surface area contributed by atoms with E-state index in [-0.39, 0.29) is 23.4 Å². The number of halogens is 1. The highest BCUT2D eigenvalue weighted by Crippen LogP contribution is 2.33. The van der Waals surface area contributed by atoms with Gasteiger partial charge >= 0.3 is 0 Å². The van der Waals surface area contributed by atoms with Crippen LogP contribution in [0.25, 0.3) is 0 Å². The number of Topliss-reactive ketones (excluding diaryl/α,β-unsaturated/α-hetero) is 1. The molecular formula is C14H18BrNO4. The molecule has 0 saturated heterocycles. The lowest BCUT2D eigenvalue weighted by Crippen LogP contribution is -2.14. The van der Waals surface area contributed by atoms with E-state index < -0.39 is 0 Å². The standard InChI is InChI=1S/C14H18BrNO4/c1-4-10(17)5-9-6-13(20-3)11(7-12(9)19-2)16-14(18)8-15/h6-7H,4-5,8H2,1-3H3,(H,16,18). The van der Waals surface area contributed by atoms with Crippen LogP contribution in [0, 0.1) is 0 Å². The molecule has 0 aliphatic heterocycles. The normalized spacial score (nSPS) is 10.0. The number of carbonyl (C=O) groups excluding carboxylic acids is 2. The molecule has 0 bridgehead atoms. The molecule has 0 heterocycles. The Labute approximate surface area is 126 Å². The number of alkyl halides is 1. The lowest BCUT2D eigenvalue weighted by Gasteiger charge is -2.15. The van der Waals surface area contributed by atoms with Gasteiger partial charge in [-0.1, -0.05) is 22.9 Å². The van der Waals surface area contributed by atoms with E-state index in [4.69, 9.17) is 9.47 Å². The van der Waals surface area contributed by atoms with E-state index in [1.54, 1.807) is 12.1 Å². The molecular weight excluding hydrogens is 326 g/mol. The molecule has 0 aromatic heterocycles. The number of carbonyl (C=O) groups is 2. The topological polar surface area (TPSA) is 64.6 Å². The molecule has 0 unspecified atom stereocenters. The first-order valence-corrected chi connectivity index (χ1v) is 7.30. The Morgan fingerprint density at radius 1 is 1.20 bits per heavy atom. The molecule has 0 fully saturated rings. The Kier molecular flexibility index (Phi) is 6.51. The molecule has 0 saturated carbocycles. The maximum Gasteiger partial charge on any atom is 0.235 e. The average Bonchev–Trinajstić information content (AvgIpc) is 2.47. The molecule has 1 rings (SSSR count). The highest BCUT2D eigenvalue weighted by molar-refractivity contribution is 9.09. The van der Waals surface area contributed by atoms with E-state index in [0.717, 1.165) is 5.56 Å². The van der Waals surface area contributed by atoms with Gasteiger partial charge in [-0.3, -0.25) is 9.59 Å². The van der Waals surface area contributed by atoms with Gasteiger partial charge in [0.1, 0.15) is 17.3 Å². The molecule has 0 aliphatic rings. The van der Waals surface area contributed by atoms with E-state index >= 15 is 0 Å². The fourth-order valence-corrected chi connectivity index (χ4v) is 1.86. The number of rotatable bonds is 7. The van der Waals surface area contributed by atoms with Crippen LogP contribution < -0.4 is 14.8 Å². The number of hydrogen-bond donors (Lipinski definition) is 1. The summed E-state index contributed by atoms with van der Waals surface area (Å²) >= 11 is 3.08. The van der Waals surface area contributed by atoms with Crippen molar-refractivity contribution < 1.29 is 19.1 Å². The molecule has 1 aromatic carbocycles. The van der Waals surface area contributed by atoms with Gasteiger partial charge in [0.25, 0.3) is 0 Å². The maximum absolute atomic E-state index is 11.6. The zero-order valence-corrected chi connectivity index (χ0v) is 13.4. The Hall–Kier alpha value is -1.56. The zero-order valence-electron chi connectivity index (χ0n) is 11.8. The van der Waals surface area contributed by atoms with Gasteiger partial charge in [0, 0.05) is 24.5 Å². The fourth-order valence-electron chi connectivity index (χ4n) is 1.72. The summed E-state index contributed by atoms with van der Waals surface area (Å²) in [5.41, 5.74) is 1.26. The number of methoxy groups -OCH3 is 2. The molecule has 0 radical (unpaired) electrons. The van der Waals surface area contributed by atoms with Crippen molar-refractivity contribution >= 4 is 33.3 Å². The molecule has 1 aromatic rings. The molecule has 20 heavy (non-hydrogen) atoms. The lowest BCUT2D eigenvalue weighted by molar-refractivity contribution is -0.118. The molecule has 0 aliphatic carbocycles. The van der Waals surface area contributed by atoms with E-state index in [1.165, 1.54) is 14.2 Å². The largest absolute Gasteiger partial charge is 0.496 e. The molecule has 110 valence electrons. The SMILES string of the molecule is CCC(=O)Cc1cc(OC)c(NC(=O)CBr)cc1OC. The Morgan fingerprint density at radius 2 is 1.85 bits per heavy atom. The fraction of sp³-hybridized carbons (Fsp3) is 0.429. The second kappa shape index (κ2) is 7.89. The number of nitrogens with one attached hydrogen (secondary N) is 1. The van der Waals surface area contributed by atoms with Crippen molar-refractivity contribution in [3.8, 4) is 11.5 Å². The first-order valence-electron chi connectivity index (χ1n) is 6.18. The van der Waals surface area contributed by atoms with Crippen LogP contribution >= 0.6 is 15.9 Å². The average molecular weight is 344 g/mol. The summed E-state index contributed by atoms with van der Waals surface area (Å²) in [6.07, 6.45) is 0.746. The number of ketones is 1. The number of benzene rings is 1. The minimum atomic E-state index is -0.192. The van der Waals surface area contributed by atoms with Crippen LogP contribution in [-0.2, 0) is 16.0 Å². The Balaban J connectivity index is 3.15. The van der Waals surface area contributed by atoms with Crippen LogP contribution in [0.2, 0.25) is 0 Å². The van der Waals surface area contributed by atoms with Crippen LogP contribution in [0.5, 0.6) is 11.5 Å². The lowest BCUT2D eigenvalue weighted by atomic mass is 10.0. The molecule has 5 nitrogen and oxygen atoms in total. The smallest absolute Gasteiger partial charge is 0.235 e. The van der Waals surface area contributed by atoms with Gasteiger partial charge in [0.2, 0.25) is 5.91 Å². The summed E-state index contributed by atoms with van der Waals surface area (Å²) in [5, 5.41) is 2.89. The van der Waals surface area contributed by atoms with Crippen LogP contribution in [-0.4, -0.2) is 31.2 Å². The van der Waals surface area contributed by atoms with Crippen molar-refractivity contribution in [1.29, 1.82) is 0 Å². The van der Waals surface area contributed by atoms with Gasteiger partial charge < -0.3 is 14.8 Å². The number of ether oxygens (including phenoxy) is 2. The summed E-state index contributed by atoms with van der Waals surface area (Å²) in [5.74, 6) is 0.974. The zero-order chi connectivity index (χ0) is 15.1. The second-order valence-corrected chi connectivity index (χ2v) is 4.68. The summed E-state index contributed by atoms with van der Waals surface area (Å²) in [4.78, 5) is 23.0. The van der Waals surface area contributed by atoms with E-state index in [9.17, 15) is 9.59 Å². The van der Waals surface area contributed by atoms with Gasteiger partial charge in [0.05, 0.1) is 25.2 Å². The third-order valence-corrected chi connectivity index (χ3v) is 3.29.